The van der Waals surface area contributed by atoms with E-state index in [-0.39, 0.29) is 0 Å². The number of hydrogen-bond donors (Lipinski definition) is 8. The second-order valence-electron chi connectivity index (χ2n) is 5.01. The third-order valence-electron chi connectivity index (χ3n) is 2.99. The topological polar surface area (TPSA) is 254 Å². The van der Waals surface area contributed by atoms with Crippen LogP contribution in [-0.2, 0) is 28.3 Å². The van der Waals surface area contributed by atoms with E-state index >= 15 is 0 Å². The Balaban J connectivity index is 6.37. The average Bonchev–Trinajstić information content (AvgIpc) is 2.30. The van der Waals surface area contributed by atoms with E-state index in [1.807, 2.05) is 5.32 Å². The van der Waals surface area contributed by atoms with Gasteiger partial charge in [-0.15, -0.1) is 0 Å². The predicted molar refractivity (Wildman–Crippen MR) is 75.2 cm³/mol. The average molecular weight is 388 g/mol. The number of carboxylic acids is 4. The number of nitrogens with one attached hydrogen (secondary N) is 1. The number of nitrogens with two attached hydrogens (primary N) is 1. The molecule has 0 saturated heterocycles. The molecule has 0 spiro atoms. The van der Waals surface area contributed by atoms with E-state index in [0.29, 0.717) is 0 Å². The first-order chi connectivity index (χ1) is 11.1. The van der Waals surface area contributed by atoms with Gasteiger partial charge in [0.05, 0.1) is 31.3 Å². The molecule has 0 bridgehead atoms. The molecule has 25 heavy (non-hydrogen) atoms. The number of phosphoric acid groups is 1. The number of carboxylic acid groups (broad SMARTS) is 4. The van der Waals surface area contributed by atoms with Gasteiger partial charge >= 0.3 is 31.7 Å². The van der Waals surface area contributed by atoms with Crippen LogP contribution >= 0.6 is 7.82 Å². The van der Waals surface area contributed by atoms with Crippen LogP contribution in [0.5, 0.6) is 0 Å². The first kappa shape index (κ1) is 22.9. The Bertz CT molecular complexity index is 585. The van der Waals surface area contributed by atoms with Crippen molar-refractivity contribution in [1.29, 1.82) is 0 Å². The maximum absolute atomic E-state index is 11.1. The van der Waals surface area contributed by atoms with Crippen molar-refractivity contribution in [1.82, 2.24) is 5.32 Å². The monoisotopic (exact) mass is 388 g/mol. The Kier molecular flexibility index (Phi) is 7.63. The van der Waals surface area contributed by atoms with Crippen LogP contribution in [0.2, 0.25) is 0 Å². The molecule has 0 aromatic carbocycles. The van der Waals surface area contributed by atoms with Crippen molar-refractivity contribution in [3.05, 3.63) is 0 Å². The van der Waals surface area contributed by atoms with Gasteiger partial charge in [0.15, 0.2) is 5.72 Å². The number of rotatable bonds is 12. The summed E-state index contributed by atoms with van der Waals surface area (Å²) in [5.74, 6) is -6.93. The Morgan fingerprint density at radius 3 is 1.56 bits per heavy atom. The fourth-order valence-corrected chi connectivity index (χ4v) is 2.79. The highest BCUT2D eigenvalue weighted by atomic mass is 31.2. The Labute approximate surface area is 139 Å². The van der Waals surface area contributed by atoms with Crippen LogP contribution in [0.4, 0.5) is 0 Å². The van der Waals surface area contributed by atoms with Crippen molar-refractivity contribution in [3.63, 3.8) is 0 Å². The van der Waals surface area contributed by atoms with Gasteiger partial charge in [-0.1, -0.05) is 0 Å². The van der Waals surface area contributed by atoms with Crippen LogP contribution in [0, 0.1) is 0 Å². The van der Waals surface area contributed by atoms with Crippen LogP contribution in [0.3, 0.4) is 0 Å². The third kappa shape index (κ3) is 7.55. The zero-order chi connectivity index (χ0) is 20.1. The molecule has 1 atom stereocenters. The van der Waals surface area contributed by atoms with E-state index in [1.165, 1.54) is 0 Å². The lowest BCUT2D eigenvalue weighted by atomic mass is 9.78. The lowest BCUT2D eigenvalue weighted by Crippen LogP contribution is -2.71. The van der Waals surface area contributed by atoms with E-state index in [4.69, 9.17) is 35.9 Å². The smallest absolute Gasteiger partial charge is 0.471 e. The van der Waals surface area contributed by atoms with Crippen molar-refractivity contribution in [2.24, 2.45) is 5.73 Å². The van der Waals surface area contributed by atoms with Gasteiger partial charge < -0.3 is 35.9 Å². The molecule has 0 aliphatic carbocycles. The van der Waals surface area contributed by atoms with Gasteiger partial charge in [-0.2, -0.15) is 0 Å². The minimum absolute atomic E-state index is 1.09. The maximum Gasteiger partial charge on any atom is 0.471 e. The Morgan fingerprint density at radius 1 is 0.880 bits per heavy atom. The molecule has 14 nitrogen and oxygen atoms in total. The number of phosphoric ester groups is 1. The molecule has 144 valence electrons. The van der Waals surface area contributed by atoms with Crippen molar-refractivity contribution >= 4 is 31.7 Å². The molecule has 0 rings (SSSR count). The normalized spacial score (nSPS) is 14.5. The van der Waals surface area contributed by atoms with Crippen LogP contribution in [-0.4, -0.2) is 71.9 Å². The molecule has 0 aromatic heterocycles. The molecule has 0 fully saturated rings. The van der Waals surface area contributed by atoms with Crippen LogP contribution in [0.15, 0.2) is 0 Å². The zero-order valence-electron chi connectivity index (χ0n) is 12.5. The van der Waals surface area contributed by atoms with Crippen LogP contribution in [0.1, 0.15) is 19.3 Å². The first-order valence-electron chi connectivity index (χ1n) is 6.30. The molecule has 0 aliphatic heterocycles. The Morgan fingerprint density at radius 2 is 1.28 bits per heavy atom. The number of aliphatic carboxylic acids is 4. The molecule has 0 saturated carbocycles. The maximum atomic E-state index is 11.1. The van der Waals surface area contributed by atoms with Gasteiger partial charge in [-0.05, 0) is 0 Å². The summed E-state index contributed by atoms with van der Waals surface area (Å²) in [6, 6.07) is 0. The highest BCUT2D eigenvalue weighted by Crippen LogP contribution is 2.46. The third-order valence-corrected chi connectivity index (χ3v) is 3.55. The van der Waals surface area contributed by atoms with Gasteiger partial charge in [0.25, 0.3) is 0 Å². The van der Waals surface area contributed by atoms with Crippen molar-refractivity contribution in [3.8, 4) is 0 Å². The van der Waals surface area contributed by atoms with E-state index in [1.54, 1.807) is 0 Å². The van der Waals surface area contributed by atoms with Crippen molar-refractivity contribution < 1.29 is 58.5 Å². The number of hydrogen-bond acceptors (Lipinski definition) is 8. The molecule has 9 N–H and O–H groups in total. The quantitative estimate of drug-likeness (QED) is 0.128. The summed E-state index contributed by atoms with van der Waals surface area (Å²) in [7, 11) is -5.54. The standard InChI is InChI=1S/C10H17N2O12P/c11-10(3-7(17)18,24-25(21,22)23)9(1-5(13)14,2-6(15)16)12-4-8(19)20/h12H,1-4,11H2,(H,13,14)(H,15,16)(H,17,18)(H,19,20)(H2,21,22,23). The highest BCUT2D eigenvalue weighted by Gasteiger charge is 2.56. The Hall–Kier alpha value is -2.09. The lowest BCUT2D eigenvalue weighted by Gasteiger charge is -2.45. The summed E-state index contributed by atoms with van der Waals surface area (Å²) in [6.07, 6.45) is -4.06. The molecule has 0 aliphatic rings. The largest absolute Gasteiger partial charge is 0.481 e. The van der Waals surface area contributed by atoms with Crippen LogP contribution < -0.4 is 11.1 Å². The molecular formula is C10H17N2O12P. The molecular weight excluding hydrogens is 371 g/mol. The van der Waals surface area contributed by atoms with Gasteiger partial charge in [0.2, 0.25) is 0 Å². The van der Waals surface area contributed by atoms with Gasteiger partial charge in [0, 0.05) is 0 Å². The van der Waals surface area contributed by atoms with E-state index < -0.39 is 68.8 Å². The fraction of sp³-hybridized carbons (Fsp3) is 0.600. The predicted octanol–water partition coefficient (Wildman–Crippen LogP) is -2.41. The summed E-state index contributed by atoms with van der Waals surface area (Å²) in [4.78, 5) is 61.9. The van der Waals surface area contributed by atoms with Gasteiger partial charge in [-0.25, -0.2) is 4.57 Å². The van der Waals surface area contributed by atoms with Crippen LogP contribution in [0.25, 0.3) is 0 Å². The summed E-state index contributed by atoms with van der Waals surface area (Å²) in [5.41, 5.74) is -0.187. The SMILES string of the molecule is NC(CC(=O)O)(OP(=O)(O)O)C(CC(=O)O)(CC(=O)O)NCC(=O)O. The fourth-order valence-electron chi connectivity index (χ4n) is 2.12. The molecule has 0 aromatic rings. The lowest BCUT2D eigenvalue weighted by molar-refractivity contribution is -0.159. The summed E-state index contributed by atoms with van der Waals surface area (Å²) < 4.78 is 15.4. The minimum Gasteiger partial charge on any atom is -0.481 e. The number of carbonyl (C=O) groups is 4. The van der Waals surface area contributed by atoms with E-state index in [0.717, 1.165) is 0 Å². The summed E-state index contributed by atoms with van der Waals surface area (Å²) >= 11 is 0. The molecule has 1 unspecified atom stereocenters. The van der Waals surface area contributed by atoms with Crippen molar-refractivity contribution in [2.45, 2.75) is 30.5 Å². The second kappa shape index (κ2) is 8.33. The van der Waals surface area contributed by atoms with E-state index in [2.05, 4.69) is 4.52 Å². The zero-order valence-corrected chi connectivity index (χ0v) is 13.4. The molecule has 0 heterocycles. The summed E-state index contributed by atoms with van der Waals surface area (Å²) in [6.45, 7) is -1.09. The molecule has 0 radical (unpaired) electrons. The first-order valence-corrected chi connectivity index (χ1v) is 7.83. The summed E-state index contributed by atoms with van der Waals surface area (Å²) in [5, 5.41) is 37.5. The van der Waals surface area contributed by atoms with E-state index in [9.17, 15) is 23.7 Å². The minimum atomic E-state index is -5.54. The highest BCUT2D eigenvalue weighted by molar-refractivity contribution is 7.46. The molecule has 15 heteroatoms. The van der Waals surface area contributed by atoms with Crippen molar-refractivity contribution in [2.75, 3.05) is 6.54 Å². The molecule has 0 amide bonds. The second-order valence-corrected chi connectivity index (χ2v) is 6.18. The van der Waals surface area contributed by atoms with Gasteiger partial charge in [-0.3, -0.25) is 29.0 Å². The van der Waals surface area contributed by atoms with Gasteiger partial charge in [0.1, 0.15) is 0 Å².